The van der Waals surface area contributed by atoms with Crippen LogP contribution in [0.25, 0.3) is 10.9 Å². The van der Waals surface area contributed by atoms with Crippen molar-refractivity contribution in [2.24, 2.45) is 0 Å². The van der Waals surface area contributed by atoms with Gasteiger partial charge in [-0.05, 0) is 42.0 Å². The first kappa shape index (κ1) is 22.0. The molecule has 2 aromatic carbocycles. The Morgan fingerprint density at radius 2 is 1.69 bits per heavy atom. The maximum absolute atomic E-state index is 12.9. The fourth-order valence-corrected chi connectivity index (χ4v) is 4.37. The molecule has 7 nitrogen and oxygen atoms in total. The quantitative estimate of drug-likeness (QED) is 0.411. The van der Waals surface area contributed by atoms with E-state index >= 15 is 0 Å². The number of hydrogen-bond donors (Lipinski definition) is 0. The van der Waals surface area contributed by atoms with E-state index in [1.54, 1.807) is 30.3 Å². The molecule has 0 radical (unpaired) electrons. The lowest BCUT2D eigenvalue weighted by molar-refractivity contribution is -0.116. The smallest absolute Gasteiger partial charge is 0.310 e. The van der Waals surface area contributed by atoms with Crippen LogP contribution in [0.15, 0.2) is 59.5 Å². The Balaban J connectivity index is 1.61. The largest absolute Gasteiger partial charge is 0.501 e. The molecular formula is C20H13ClF3N3O4S. The highest BCUT2D eigenvalue weighted by Gasteiger charge is 2.47. The van der Waals surface area contributed by atoms with Crippen molar-refractivity contribution < 1.29 is 31.2 Å². The van der Waals surface area contributed by atoms with E-state index in [9.17, 15) is 31.2 Å². The summed E-state index contributed by atoms with van der Waals surface area (Å²) < 4.78 is 61.2. The third-order valence-corrected chi connectivity index (χ3v) is 6.57. The molecule has 12 heteroatoms. The number of anilines is 1. The Morgan fingerprint density at radius 3 is 2.34 bits per heavy atom. The molecule has 0 spiro atoms. The van der Waals surface area contributed by atoms with Crippen LogP contribution in [0.1, 0.15) is 5.56 Å². The fraction of sp³-hybridized carbons (Fsp3) is 0.150. The van der Waals surface area contributed by atoms with Gasteiger partial charge in [-0.2, -0.15) is 13.2 Å². The molecule has 1 aliphatic rings. The van der Waals surface area contributed by atoms with Gasteiger partial charge in [0.15, 0.2) is 0 Å². The predicted molar refractivity (Wildman–Crippen MR) is 110 cm³/mol. The molecule has 0 saturated carbocycles. The van der Waals surface area contributed by atoms with Gasteiger partial charge < -0.3 is 4.90 Å². The zero-order valence-electron chi connectivity index (χ0n) is 16.0. The molecule has 0 unspecified atom stereocenters. The second-order valence-corrected chi connectivity index (χ2v) is 9.26. The van der Waals surface area contributed by atoms with E-state index in [1.807, 2.05) is 0 Å². The van der Waals surface area contributed by atoms with Crippen LogP contribution < -0.4 is 4.90 Å². The van der Waals surface area contributed by atoms with E-state index < -0.39 is 32.2 Å². The molecule has 0 atom stereocenters. The molecule has 1 saturated heterocycles. The van der Waals surface area contributed by atoms with E-state index in [0.717, 1.165) is 22.4 Å². The number of alkyl halides is 3. The lowest BCUT2D eigenvalue weighted by atomic mass is 10.1. The number of para-hydroxylation sites is 1. The minimum atomic E-state index is -5.54. The van der Waals surface area contributed by atoms with Crippen molar-refractivity contribution in [3.63, 3.8) is 0 Å². The van der Waals surface area contributed by atoms with Crippen molar-refractivity contribution in [3.05, 3.63) is 65.3 Å². The van der Waals surface area contributed by atoms with Gasteiger partial charge in [0.05, 0.1) is 16.1 Å². The van der Waals surface area contributed by atoms with E-state index in [-0.39, 0.29) is 23.9 Å². The summed E-state index contributed by atoms with van der Waals surface area (Å²) in [6, 6.07) is 11.4. The summed E-state index contributed by atoms with van der Waals surface area (Å²) in [6.45, 7) is -0.222. The highest BCUT2D eigenvalue weighted by molar-refractivity contribution is 7.92. The molecule has 1 aromatic heterocycles. The number of aromatic nitrogens is 1. The average molecular weight is 484 g/mol. The van der Waals surface area contributed by atoms with E-state index in [4.69, 9.17) is 11.6 Å². The Hall–Kier alpha value is -3.18. The number of amides is 3. The van der Waals surface area contributed by atoms with Crippen LogP contribution in [0.3, 0.4) is 0 Å². The number of hydrogen-bond acceptors (Lipinski definition) is 5. The van der Waals surface area contributed by atoms with Crippen LogP contribution in [0.5, 0.6) is 0 Å². The van der Waals surface area contributed by atoms with Gasteiger partial charge in [-0.1, -0.05) is 29.8 Å². The van der Waals surface area contributed by atoms with Crippen molar-refractivity contribution in [1.82, 2.24) is 9.88 Å². The molecule has 4 rings (SSSR count). The minimum absolute atomic E-state index is 0.0405. The number of pyridine rings is 1. The number of fused-ring (bicyclic) bond motifs is 1. The summed E-state index contributed by atoms with van der Waals surface area (Å²) in [7, 11) is -5.54. The minimum Gasteiger partial charge on any atom is -0.310 e. The maximum Gasteiger partial charge on any atom is 0.501 e. The van der Waals surface area contributed by atoms with Crippen molar-refractivity contribution in [3.8, 4) is 0 Å². The van der Waals surface area contributed by atoms with Crippen LogP contribution >= 0.6 is 11.6 Å². The van der Waals surface area contributed by atoms with Gasteiger partial charge in [0.1, 0.15) is 11.7 Å². The molecule has 0 N–H and O–H groups in total. The number of carbonyl (C=O) groups excluding carboxylic acids is 2. The normalized spacial score (nSPS) is 15.1. The summed E-state index contributed by atoms with van der Waals surface area (Å²) in [5.41, 5.74) is -4.22. The van der Waals surface area contributed by atoms with Crippen LogP contribution in [0.4, 0.5) is 23.7 Å². The Labute approximate surface area is 184 Å². The Kier molecular flexibility index (Phi) is 5.33. The van der Waals surface area contributed by atoms with Crippen LogP contribution in [0.2, 0.25) is 5.15 Å². The second-order valence-electron chi connectivity index (χ2n) is 6.93. The first-order valence-corrected chi connectivity index (χ1v) is 10.9. The van der Waals surface area contributed by atoms with Crippen molar-refractivity contribution in [2.75, 3.05) is 11.4 Å². The fourth-order valence-electron chi connectivity index (χ4n) is 3.38. The third kappa shape index (κ3) is 3.78. The van der Waals surface area contributed by atoms with E-state index in [0.29, 0.717) is 23.2 Å². The third-order valence-electron chi connectivity index (χ3n) is 4.88. The first-order chi connectivity index (χ1) is 15.0. The van der Waals surface area contributed by atoms with E-state index in [1.165, 1.54) is 4.90 Å². The van der Waals surface area contributed by atoms with Crippen LogP contribution in [0, 0.1) is 0 Å². The highest BCUT2D eigenvalue weighted by atomic mass is 35.5. The molecule has 3 amide bonds. The topological polar surface area (TPSA) is 87.7 Å². The number of benzene rings is 2. The van der Waals surface area contributed by atoms with Gasteiger partial charge in [0.2, 0.25) is 0 Å². The number of sulfone groups is 1. The van der Waals surface area contributed by atoms with Gasteiger partial charge >= 0.3 is 11.5 Å². The zero-order chi connectivity index (χ0) is 23.3. The van der Waals surface area contributed by atoms with Gasteiger partial charge in [0.25, 0.3) is 15.7 Å². The average Bonchev–Trinajstić information content (AvgIpc) is 3.00. The molecular weight excluding hydrogens is 471 g/mol. The standard InChI is InChI=1S/C20H13ClF3N3O4S/c21-17-9-12(15-3-1-2-4-16(15)25-17)10-26-11-18(28)27(19(26)29)13-5-7-14(8-6-13)32(30,31)20(22,23)24/h1-9H,10-11H2. The van der Waals surface area contributed by atoms with Crippen LogP contribution in [-0.4, -0.2) is 42.3 Å². The number of rotatable bonds is 4. The lowest BCUT2D eigenvalue weighted by Crippen LogP contribution is -2.33. The predicted octanol–water partition coefficient (Wildman–Crippen LogP) is 4.15. The SMILES string of the molecule is O=C1CN(Cc2cc(Cl)nc3ccccc23)C(=O)N1c1ccc(S(=O)(=O)C(F)(F)F)cc1. The van der Waals surface area contributed by atoms with Crippen molar-refractivity contribution in [2.45, 2.75) is 16.9 Å². The summed E-state index contributed by atoms with van der Waals surface area (Å²) in [4.78, 5) is 30.6. The number of imide groups is 1. The van der Waals surface area contributed by atoms with Crippen LogP contribution in [-0.2, 0) is 21.2 Å². The summed E-state index contributed by atoms with van der Waals surface area (Å²) >= 11 is 6.06. The zero-order valence-corrected chi connectivity index (χ0v) is 17.6. The monoisotopic (exact) mass is 483 g/mol. The molecule has 32 heavy (non-hydrogen) atoms. The van der Waals surface area contributed by atoms with Crippen molar-refractivity contribution >= 4 is 50.0 Å². The van der Waals surface area contributed by atoms with Gasteiger partial charge in [-0.3, -0.25) is 4.79 Å². The van der Waals surface area contributed by atoms with E-state index in [2.05, 4.69) is 4.98 Å². The maximum atomic E-state index is 12.9. The molecule has 2 heterocycles. The Morgan fingerprint density at radius 1 is 1.03 bits per heavy atom. The second kappa shape index (κ2) is 7.75. The number of urea groups is 1. The summed E-state index contributed by atoms with van der Waals surface area (Å²) in [6.07, 6.45) is 0. The Bertz CT molecular complexity index is 1340. The first-order valence-electron chi connectivity index (χ1n) is 9.06. The molecule has 0 bridgehead atoms. The summed E-state index contributed by atoms with van der Waals surface area (Å²) in [5.74, 6) is -0.606. The van der Waals surface area contributed by atoms with Gasteiger partial charge in [-0.15, -0.1) is 0 Å². The van der Waals surface area contributed by atoms with Gasteiger partial charge in [0, 0.05) is 11.9 Å². The molecule has 3 aromatic rings. The molecule has 166 valence electrons. The lowest BCUT2D eigenvalue weighted by Gasteiger charge is -2.18. The number of carbonyl (C=O) groups is 2. The number of halogens is 4. The summed E-state index contributed by atoms with van der Waals surface area (Å²) in [5, 5.41) is 0.965. The highest BCUT2D eigenvalue weighted by Crippen LogP contribution is 2.32. The van der Waals surface area contributed by atoms with Gasteiger partial charge in [-0.25, -0.2) is 23.1 Å². The van der Waals surface area contributed by atoms with Crippen molar-refractivity contribution in [1.29, 1.82) is 0 Å². The number of nitrogens with zero attached hydrogens (tertiary/aromatic N) is 3. The molecule has 1 aliphatic heterocycles. The molecule has 1 fully saturated rings. The molecule has 0 aliphatic carbocycles.